The van der Waals surface area contributed by atoms with Gasteiger partial charge in [-0.1, -0.05) is 12.5 Å². The molecule has 0 unspecified atom stereocenters. The molecular formula is C23H28N2O6S2. The first kappa shape index (κ1) is 23.9. The molecule has 1 aliphatic heterocycles. The van der Waals surface area contributed by atoms with E-state index in [1.165, 1.54) is 34.9 Å². The highest BCUT2D eigenvalue weighted by Gasteiger charge is 2.29. The van der Waals surface area contributed by atoms with E-state index in [0.717, 1.165) is 42.5 Å². The van der Waals surface area contributed by atoms with E-state index in [4.69, 9.17) is 9.47 Å². The van der Waals surface area contributed by atoms with E-state index in [1.54, 1.807) is 13.0 Å². The van der Waals surface area contributed by atoms with Crippen molar-refractivity contribution in [2.45, 2.75) is 43.9 Å². The Balaban J connectivity index is 1.66. The summed E-state index contributed by atoms with van der Waals surface area (Å²) in [7, 11) is -2.41. The van der Waals surface area contributed by atoms with E-state index in [1.807, 2.05) is 0 Å². The largest absolute Gasteiger partial charge is 0.465 e. The molecule has 8 nitrogen and oxygen atoms in total. The van der Waals surface area contributed by atoms with Crippen LogP contribution in [0.1, 0.15) is 56.0 Å². The number of esters is 1. The number of hydrogen-bond acceptors (Lipinski definition) is 7. The van der Waals surface area contributed by atoms with E-state index < -0.39 is 21.9 Å². The van der Waals surface area contributed by atoms with Gasteiger partial charge in [0, 0.05) is 23.5 Å². The fourth-order valence-corrected chi connectivity index (χ4v) is 6.97. The molecular weight excluding hydrogens is 464 g/mol. The minimum Gasteiger partial charge on any atom is -0.465 e. The smallest absolute Gasteiger partial charge is 0.341 e. The van der Waals surface area contributed by atoms with Crippen LogP contribution in [0.25, 0.3) is 0 Å². The number of thiophene rings is 1. The van der Waals surface area contributed by atoms with E-state index in [2.05, 4.69) is 5.32 Å². The van der Waals surface area contributed by atoms with Crippen molar-refractivity contribution in [1.29, 1.82) is 0 Å². The molecule has 0 atom stereocenters. The summed E-state index contributed by atoms with van der Waals surface area (Å²) in [5.41, 5.74) is 2.28. The van der Waals surface area contributed by atoms with Crippen LogP contribution in [0.15, 0.2) is 23.1 Å². The number of carbonyl (C=O) groups excluding carboxylic acids is 2. The molecule has 4 rings (SSSR count). The van der Waals surface area contributed by atoms with Gasteiger partial charge in [-0.05, 0) is 55.9 Å². The van der Waals surface area contributed by atoms with Crippen molar-refractivity contribution >= 4 is 38.2 Å². The molecule has 0 saturated carbocycles. The fraction of sp³-hybridized carbons (Fsp3) is 0.478. The van der Waals surface area contributed by atoms with Gasteiger partial charge >= 0.3 is 5.97 Å². The quantitative estimate of drug-likeness (QED) is 0.507. The number of carbonyl (C=O) groups is 2. The van der Waals surface area contributed by atoms with E-state index in [-0.39, 0.29) is 23.5 Å². The standard InChI is InChI=1S/C23H28N2O6S2/c1-15-8-9-16(33(28,29)25-10-12-31-13-11-25)14-18(15)21(26)24-22-20(23(27)30-2)17-6-4-3-5-7-19(17)32-22/h8-9,14H,3-7,10-13H2,1-2H3,(H,24,26). The van der Waals surface area contributed by atoms with E-state index in [0.29, 0.717) is 29.3 Å². The SMILES string of the molecule is COC(=O)c1c(NC(=O)c2cc(S(=O)(=O)N3CCOCC3)ccc2C)sc2c1CCCCC2. The number of anilines is 1. The molecule has 1 aliphatic carbocycles. The van der Waals surface area contributed by atoms with Gasteiger partial charge in [0.1, 0.15) is 5.00 Å². The number of rotatable bonds is 5. The third kappa shape index (κ3) is 4.84. The van der Waals surface area contributed by atoms with Crippen LogP contribution < -0.4 is 5.32 Å². The topological polar surface area (TPSA) is 102 Å². The number of ether oxygens (including phenoxy) is 2. The zero-order valence-corrected chi connectivity index (χ0v) is 20.4. The molecule has 1 aromatic heterocycles. The van der Waals surface area contributed by atoms with Crippen LogP contribution in [0.4, 0.5) is 5.00 Å². The Hall–Kier alpha value is -2.27. The van der Waals surface area contributed by atoms with Crippen LogP contribution in [-0.2, 0) is 32.3 Å². The number of sulfonamides is 1. The molecule has 1 N–H and O–H groups in total. The highest BCUT2D eigenvalue weighted by Crippen LogP contribution is 2.38. The first-order valence-corrected chi connectivity index (χ1v) is 13.3. The fourth-order valence-electron chi connectivity index (χ4n) is 4.26. The Labute approximate surface area is 197 Å². The van der Waals surface area contributed by atoms with Crippen LogP contribution in [-0.4, -0.2) is 58.0 Å². The van der Waals surface area contributed by atoms with Crippen molar-refractivity contribution in [3.05, 3.63) is 45.3 Å². The van der Waals surface area contributed by atoms with Crippen LogP contribution >= 0.6 is 11.3 Å². The average molecular weight is 493 g/mol. The number of amides is 1. The van der Waals surface area contributed by atoms with Crippen LogP contribution in [0.3, 0.4) is 0 Å². The predicted octanol–water partition coefficient (Wildman–Crippen LogP) is 3.39. The number of benzene rings is 1. The average Bonchev–Trinajstić information content (AvgIpc) is 2.99. The summed E-state index contributed by atoms with van der Waals surface area (Å²) in [5.74, 6) is -0.918. The molecule has 1 aromatic carbocycles. The molecule has 10 heteroatoms. The number of nitrogens with one attached hydrogen (secondary N) is 1. The minimum absolute atomic E-state index is 0.0651. The minimum atomic E-state index is -3.74. The van der Waals surface area contributed by atoms with Crippen molar-refractivity contribution in [3.8, 4) is 0 Å². The maximum absolute atomic E-state index is 13.2. The van der Waals surface area contributed by atoms with Crippen LogP contribution in [0.2, 0.25) is 0 Å². The van der Waals surface area contributed by atoms with E-state index >= 15 is 0 Å². The number of morpholine rings is 1. The highest BCUT2D eigenvalue weighted by atomic mass is 32.2. The number of fused-ring (bicyclic) bond motifs is 1. The van der Waals surface area contributed by atoms with Gasteiger partial charge in [-0.25, -0.2) is 13.2 Å². The maximum Gasteiger partial charge on any atom is 0.341 e. The lowest BCUT2D eigenvalue weighted by molar-refractivity contribution is 0.0601. The Morgan fingerprint density at radius 1 is 1.12 bits per heavy atom. The van der Waals surface area contributed by atoms with E-state index in [9.17, 15) is 18.0 Å². The van der Waals surface area contributed by atoms with Crippen LogP contribution in [0, 0.1) is 6.92 Å². The number of methoxy groups -OCH3 is 1. The van der Waals surface area contributed by atoms with Gasteiger partial charge in [0.2, 0.25) is 10.0 Å². The lowest BCUT2D eigenvalue weighted by atomic mass is 10.1. The predicted molar refractivity (Wildman–Crippen MR) is 126 cm³/mol. The molecule has 0 radical (unpaired) electrons. The summed E-state index contributed by atoms with van der Waals surface area (Å²) >= 11 is 1.41. The Kier molecular flexibility index (Phi) is 7.18. The van der Waals surface area contributed by atoms with Crippen molar-refractivity contribution in [2.75, 3.05) is 38.7 Å². The Bertz CT molecular complexity index is 1170. The van der Waals surface area contributed by atoms with Crippen molar-refractivity contribution in [1.82, 2.24) is 4.31 Å². The first-order chi connectivity index (χ1) is 15.8. The normalized spacial score (nSPS) is 17.2. The molecule has 1 saturated heterocycles. The van der Waals surface area contributed by atoms with Crippen molar-refractivity contribution in [2.24, 2.45) is 0 Å². The highest BCUT2D eigenvalue weighted by molar-refractivity contribution is 7.89. The van der Waals surface area contributed by atoms with Gasteiger partial charge in [-0.2, -0.15) is 4.31 Å². The number of nitrogens with zero attached hydrogens (tertiary/aromatic N) is 1. The molecule has 2 heterocycles. The van der Waals surface area contributed by atoms with Gasteiger partial charge in [0.15, 0.2) is 0 Å². The molecule has 0 bridgehead atoms. The first-order valence-electron chi connectivity index (χ1n) is 11.1. The van der Waals surface area contributed by atoms with Gasteiger partial charge in [0.05, 0.1) is 30.8 Å². The molecule has 1 fully saturated rings. The lowest BCUT2D eigenvalue weighted by Crippen LogP contribution is -2.40. The summed E-state index contributed by atoms with van der Waals surface area (Å²) < 4.78 is 37.7. The maximum atomic E-state index is 13.2. The van der Waals surface area contributed by atoms with Gasteiger partial charge < -0.3 is 14.8 Å². The molecule has 0 spiro atoms. The van der Waals surface area contributed by atoms with Crippen LogP contribution in [0.5, 0.6) is 0 Å². The van der Waals surface area contributed by atoms with Crippen molar-refractivity contribution < 1.29 is 27.5 Å². The number of hydrogen-bond donors (Lipinski definition) is 1. The second kappa shape index (κ2) is 9.92. The second-order valence-electron chi connectivity index (χ2n) is 8.21. The zero-order valence-electron chi connectivity index (χ0n) is 18.8. The molecule has 2 aromatic rings. The summed E-state index contributed by atoms with van der Waals surface area (Å²) in [6.45, 7) is 3.00. The molecule has 33 heavy (non-hydrogen) atoms. The van der Waals surface area contributed by atoms with Gasteiger partial charge in [-0.3, -0.25) is 4.79 Å². The Morgan fingerprint density at radius 2 is 1.85 bits per heavy atom. The lowest BCUT2D eigenvalue weighted by Gasteiger charge is -2.26. The molecule has 2 aliphatic rings. The monoisotopic (exact) mass is 492 g/mol. The summed E-state index contributed by atoms with van der Waals surface area (Å²) in [6.07, 6.45) is 4.78. The van der Waals surface area contributed by atoms with Crippen molar-refractivity contribution in [3.63, 3.8) is 0 Å². The zero-order chi connectivity index (χ0) is 23.6. The third-order valence-electron chi connectivity index (χ3n) is 6.10. The molecule has 178 valence electrons. The summed E-state index contributed by atoms with van der Waals surface area (Å²) in [5, 5.41) is 3.33. The molecule has 1 amide bonds. The van der Waals surface area contributed by atoms with Gasteiger partial charge in [0.25, 0.3) is 5.91 Å². The number of aryl methyl sites for hydroxylation is 2. The summed E-state index contributed by atoms with van der Waals surface area (Å²) in [4.78, 5) is 27.0. The summed E-state index contributed by atoms with van der Waals surface area (Å²) in [6, 6.07) is 4.56. The van der Waals surface area contributed by atoms with Gasteiger partial charge in [-0.15, -0.1) is 11.3 Å². The third-order valence-corrected chi connectivity index (χ3v) is 9.20. The second-order valence-corrected chi connectivity index (χ2v) is 11.3. The Morgan fingerprint density at radius 3 is 2.58 bits per heavy atom.